The minimum Gasteiger partial charge on any atom is -0.493 e. The van der Waals surface area contributed by atoms with Crippen LogP contribution in [0.1, 0.15) is 24.2 Å². The Balaban J connectivity index is 2.81. The van der Waals surface area contributed by atoms with E-state index < -0.39 is 0 Å². The first-order chi connectivity index (χ1) is 5.24. The van der Waals surface area contributed by atoms with Crippen LogP contribution in [-0.2, 0) is 0 Å². The van der Waals surface area contributed by atoms with Crippen molar-refractivity contribution in [1.29, 1.82) is 0 Å². The smallest absolute Gasteiger partial charge is 0.210 e. The van der Waals surface area contributed by atoms with E-state index in [1.807, 2.05) is 6.07 Å². The number of aromatic nitrogens is 1. The Morgan fingerprint density at radius 2 is 2.36 bits per heavy atom. The zero-order valence-corrected chi connectivity index (χ0v) is 7.25. The van der Waals surface area contributed by atoms with Gasteiger partial charge in [-0.05, 0) is 12.0 Å². The van der Waals surface area contributed by atoms with E-state index >= 15 is 0 Å². The summed E-state index contributed by atoms with van der Waals surface area (Å²) < 4.78 is 0. The van der Waals surface area contributed by atoms with E-state index in [-0.39, 0.29) is 11.1 Å². The quantitative estimate of drug-likeness (QED) is 0.665. The topological polar surface area (TPSA) is 33.1 Å². The lowest BCUT2D eigenvalue weighted by atomic mass is 10.2. The van der Waals surface area contributed by atoms with Gasteiger partial charge in [0.15, 0.2) is 0 Å². The van der Waals surface area contributed by atoms with Crippen LogP contribution in [0.25, 0.3) is 0 Å². The second-order valence-electron chi connectivity index (χ2n) is 2.37. The maximum Gasteiger partial charge on any atom is 0.210 e. The van der Waals surface area contributed by atoms with Crippen molar-refractivity contribution in [3.63, 3.8) is 0 Å². The van der Waals surface area contributed by atoms with Gasteiger partial charge in [0.25, 0.3) is 0 Å². The summed E-state index contributed by atoms with van der Waals surface area (Å²) in [7, 11) is 0. The molecule has 0 aromatic carbocycles. The molecule has 0 saturated carbocycles. The van der Waals surface area contributed by atoms with E-state index in [1.165, 1.54) is 0 Å². The van der Waals surface area contributed by atoms with Crippen LogP contribution in [0.2, 0.25) is 0 Å². The minimum absolute atomic E-state index is 0.0605. The molecule has 1 unspecified atom stereocenters. The predicted molar refractivity (Wildman–Crippen MR) is 47.9 cm³/mol. The number of hydrogen-bond donors (Lipinski definition) is 2. The molecular weight excluding hydrogens is 158 g/mol. The summed E-state index contributed by atoms with van der Waals surface area (Å²) in [5, 5.41) is 9.10. The van der Waals surface area contributed by atoms with Crippen LogP contribution in [0.4, 0.5) is 0 Å². The van der Waals surface area contributed by atoms with Crippen LogP contribution >= 0.6 is 12.6 Å². The third kappa shape index (κ3) is 2.12. The number of rotatable bonds is 2. The molecule has 0 fully saturated rings. The maximum atomic E-state index is 8.88. The van der Waals surface area contributed by atoms with Gasteiger partial charge < -0.3 is 5.11 Å². The van der Waals surface area contributed by atoms with E-state index in [2.05, 4.69) is 24.5 Å². The van der Waals surface area contributed by atoms with Crippen molar-refractivity contribution in [2.45, 2.75) is 18.6 Å². The van der Waals surface area contributed by atoms with E-state index in [0.717, 1.165) is 12.0 Å². The summed E-state index contributed by atoms with van der Waals surface area (Å²) >= 11 is 4.33. The molecule has 1 rings (SSSR count). The molecule has 0 radical (unpaired) electrons. The third-order valence-corrected chi connectivity index (χ3v) is 2.21. The van der Waals surface area contributed by atoms with Crippen molar-refractivity contribution < 1.29 is 5.11 Å². The van der Waals surface area contributed by atoms with Crippen LogP contribution in [0.3, 0.4) is 0 Å². The van der Waals surface area contributed by atoms with Gasteiger partial charge in [-0.1, -0.05) is 13.0 Å². The van der Waals surface area contributed by atoms with Gasteiger partial charge in [0, 0.05) is 17.5 Å². The zero-order chi connectivity index (χ0) is 8.27. The van der Waals surface area contributed by atoms with Gasteiger partial charge in [-0.2, -0.15) is 12.6 Å². The lowest BCUT2D eigenvalue weighted by Gasteiger charge is -2.05. The number of thiol groups is 1. The van der Waals surface area contributed by atoms with Crippen molar-refractivity contribution in [2.24, 2.45) is 0 Å². The first kappa shape index (κ1) is 8.40. The molecule has 1 heterocycles. The largest absolute Gasteiger partial charge is 0.493 e. The SMILES string of the molecule is CCC(S)c1ccc(O)nc1. The minimum atomic E-state index is 0.0605. The Bertz CT molecular complexity index is 222. The second kappa shape index (κ2) is 3.62. The van der Waals surface area contributed by atoms with Crippen LogP contribution in [0.5, 0.6) is 5.88 Å². The molecule has 60 valence electrons. The molecule has 0 bridgehead atoms. The average Bonchev–Trinajstić information content (AvgIpc) is 2.05. The van der Waals surface area contributed by atoms with Crippen LogP contribution in [0.15, 0.2) is 18.3 Å². The molecule has 2 nitrogen and oxygen atoms in total. The van der Waals surface area contributed by atoms with Crippen molar-refractivity contribution in [3.05, 3.63) is 23.9 Å². The molecule has 0 aliphatic heterocycles. The Kier molecular flexibility index (Phi) is 2.76. The predicted octanol–water partition coefficient (Wildman–Crippen LogP) is 2.17. The molecule has 0 aliphatic rings. The number of hydrogen-bond acceptors (Lipinski definition) is 3. The Labute approximate surface area is 71.7 Å². The van der Waals surface area contributed by atoms with Crippen LogP contribution < -0.4 is 0 Å². The van der Waals surface area contributed by atoms with Crippen molar-refractivity contribution in [1.82, 2.24) is 4.98 Å². The standard InChI is InChI=1S/C8H11NOS/c1-2-7(11)6-3-4-8(10)9-5-6/h3-5,7,11H,2H2,1H3,(H,9,10). The van der Waals surface area contributed by atoms with Gasteiger partial charge in [0.2, 0.25) is 5.88 Å². The van der Waals surface area contributed by atoms with Gasteiger partial charge in [-0.25, -0.2) is 4.98 Å². The summed E-state index contributed by atoms with van der Waals surface area (Å²) in [5.41, 5.74) is 1.05. The molecule has 1 aromatic heterocycles. The Hall–Kier alpha value is -0.700. The summed E-state index contributed by atoms with van der Waals surface area (Å²) in [6.45, 7) is 2.06. The molecule has 0 aliphatic carbocycles. The molecule has 1 atom stereocenters. The molecule has 0 amide bonds. The Morgan fingerprint density at radius 3 is 2.82 bits per heavy atom. The third-order valence-electron chi connectivity index (χ3n) is 1.54. The fourth-order valence-electron chi connectivity index (χ4n) is 0.830. The number of nitrogens with zero attached hydrogens (tertiary/aromatic N) is 1. The highest BCUT2D eigenvalue weighted by atomic mass is 32.1. The van der Waals surface area contributed by atoms with Crippen molar-refractivity contribution in [2.75, 3.05) is 0 Å². The zero-order valence-electron chi connectivity index (χ0n) is 6.36. The lowest BCUT2D eigenvalue weighted by molar-refractivity contribution is 0.453. The first-order valence-corrected chi connectivity index (χ1v) is 4.08. The number of aromatic hydroxyl groups is 1. The maximum absolute atomic E-state index is 8.88. The summed E-state index contributed by atoms with van der Waals surface area (Å²) in [6, 6.07) is 3.41. The fraction of sp³-hybridized carbons (Fsp3) is 0.375. The van der Waals surface area contributed by atoms with Gasteiger partial charge >= 0.3 is 0 Å². The van der Waals surface area contributed by atoms with E-state index in [0.29, 0.717) is 0 Å². The normalized spacial score (nSPS) is 12.9. The highest BCUT2D eigenvalue weighted by molar-refractivity contribution is 7.80. The molecule has 1 aromatic rings. The van der Waals surface area contributed by atoms with Crippen molar-refractivity contribution in [3.8, 4) is 5.88 Å². The first-order valence-electron chi connectivity index (χ1n) is 3.57. The fourth-order valence-corrected chi connectivity index (χ4v) is 0.983. The van der Waals surface area contributed by atoms with Crippen molar-refractivity contribution >= 4 is 12.6 Å². The molecule has 0 saturated heterocycles. The highest BCUT2D eigenvalue weighted by Gasteiger charge is 2.02. The van der Waals surface area contributed by atoms with Gasteiger partial charge in [0.1, 0.15) is 0 Å². The second-order valence-corrected chi connectivity index (χ2v) is 3.00. The van der Waals surface area contributed by atoms with E-state index in [9.17, 15) is 0 Å². The van der Waals surface area contributed by atoms with E-state index in [1.54, 1.807) is 12.3 Å². The van der Waals surface area contributed by atoms with Crippen LogP contribution in [-0.4, -0.2) is 10.1 Å². The Morgan fingerprint density at radius 1 is 1.64 bits per heavy atom. The van der Waals surface area contributed by atoms with Gasteiger partial charge in [0.05, 0.1) is 0 Å². The van der Waals surface area contributed by atoms with Crippen LogP contribution in [0, 0.1) is 0 Å². The molecule has 3 heteroatoms. The van der Waals surface area contributed by atoms with E-state index in [4.69, 9.17) is 5.11 Å². The molecular formula is C8H11NOS. The number of pyridine rings is 1. The highest BCUT2D eigenvalue weighted by Crippen LogP contribution is 2.22. The summed E-state index contributed by atoms with van der Waals surface area (Å²) in [5.74, 6) is 0.0605. The van der Waals surface area contributed by atoms with Gasteiger partial charge in [-0.15, -0.1) is 0 Å². The molecule has 1 N–H and O–H groups in total. The summed E-state index contributed by atoms with van der Waals surface area (Å²) in [4.78, 5) is 3.75. The average molecular weight is 169 g/mol. The summed E-state index contributed by atoms with van der Waals surface area (Å²) in [6.07, 6.45) is 2.62. The van der Waals surface area contributed by atoms with Gasteiger partial charge in [-0.3, -0.25) is 0 Å². The molecule has 11 heavy (non-hydrogen) atoms. The monoisotopic (exact) mass is 169 g/mol. The molecule has 0 spiro atoms. The lowest BCUT2D eigenvalue weighted by Crippen LogP contribution is -1.88.